The summed E-state index contributed by atoms with van der Waals surface area (Å²) in [5.41, 5.74) is 4.37. The van der Waals surface area contributed by atoms with Crippen molar-refractivity contribution in [3.63, 3.8) is 0 Å². The van der Waals surface area contributed by atoms with Gasteiger partial charge in [-0.2, -0.15) is 0 Å². The number of carbonyl (C=O) groups excluding carboxylic acids is 1. The molecule has 3 aromatic carbocycles. The fourth-order valence-corrected chi connectivity index (χ4v) is 4.32. The van der Waals surface area contributed by atoms with Crippen molar-refractivity contribution in [2.45, 2.75) is 19.1 Å². The molecule has 4 rings (SSSR count). The highest BCUT2D eigenvalue weighted by molar-refractivity contribution is 5.96. The van der Waals surface area contributed by atoms with E-state index in [-0.39, 0.29) is 19.1 Å². The summed E-state index contributed by atoms with van der Waals surface area (Å²) in [4.78, 5) is 16.4. The van der Waals surface area contributed by atoms with Crippen LogP contribution in [0.1, 0.15) is 21.5 Å². The van der Waals surface area contributed by atoms with Crippen molar-refractivity contribution in [2.75, 3.05) is 27.9 Å². The van der Waals surface area contributed by atoms with E-state index in [1.54, 1.807) is 30.3 Å². The van der Waals surface area contributed by atoms with Gasteiger partial charge in [-0.15, -0.1) is 0 Å². The van der Waals surface area contributed by atoms with Crippen LogP contribution in [-0.4, -0.2) is 55.1 Å². The highest BCUT2D eigenvalue weighted by Crippen LogP contribution is 2.41. The fraction of sp³-hybridized carbons (Fsp3) is 0.250. The topological polar surface area (TPSA) is 113 Å². The number of ether oxygens (including phenoxy) is 3. The van der Waals surface area contributed by atoms with E-state index < -0.39 is 6.04 Å². The molecule has 36 heavy (non-hydrogen) atoms. The Balaban J connectivity index is 1.63. The molecular weight excluding hydrogens is 460 g/mol. The molecular formula is C28H30N2O6. The van der Waals surface area contributed by atoms with Gasteiger partial charge in [-0.1, -0.05) is 18.2 Å². The zero-order valence-corrected chi connectivity index (χ0v) is 20.5. The molecule has 0 bridgehead atoms. The minimum absolute atomic E-state index is 0.218. The molecule has 0 spiro atoms. The van der Waals surface area contributed by atoms with Crippen molar-refractivity contribution in [2.24, 2.45) is 0 Å². The van der Waals surface area contributed by atoms with Crippen LogP contribution in [0.15, 0.2) is 60.8 Å². The average molecular weight is 491 g/mol. The molecule has 4 N–H and O–H groups in total. The van der Waals surface area contributed by atoms with Gasteiger partial charge in [-0.25, -0.2) is 0 Å². The van der Waals surface area contributed by atoms with Gasteiger partial charge in [0.05, 0.1) is 40.6 Å². The molecule has 8 nitrogen and oxygen atoms in total. The van der Waals surface area contributed by atoms with Gasteiger partial charge in [0.25, 0.3) is 5.91 Å². The molecule has 1 atom stereocenters. The van der Waals surface area contributed by atoms with Crippen LogP contribution in [0.4, 0.5) is 0 Å². The van der Waals surface area contributed by atoms with Crippen LogP contribution in [0.25, 0.3) is 22.0 Å². The third kappa shape index (κ3) is 5.15. The summed E-state index contributed by atoms with van der Waals surface area (Å²) >= 11 is 0. The van der Waals surface area contributed by atoms with Gasteiger partial charge in [0.1, 0.15) is 0 Å². The van der Waals surface area contributed by atoms with E-state index in [1.165, 1.54) is 21.3 Å². The van der Waals surface area contributed by atoms with Crippen molar-refractivity contribution in [3.05, 3.63) is 77.5 Å². The second kappa shape index (κ2) is 11.2. The number of hydrogen-bond acceptors (Lipinski definition) is 6. The van der Waals surface area contributed by atoms with Crippen LogP contribution in [0.3, 0.4) is 0 Å². The maximum absolute atomic E-state index is 13.2. The molecule has 4 aromatic rings. The first-order valence-electron chi connectivity index (χ1n) is 11.5. The predicted molar refractivity (Wildman–Crippen MR) is 138 cm³/mol. The minimum atomic E-state index is -0.487. The number of methoxy groups -OCH3 is 3. The van der Waals surface area contributed by atoms with E-state index in [1.807, 2.05) is 30.5 Å². The van der Waals surface area contributed by atoms with E-state index in [2.05, 4.69) is 10.3 Å². The highest BCUT2D eigenvalue weighted by atomic mass is 16.5. The molecule has 0 aliphatic heterocycles. The van der Waals surface area contributed by atoms with Gasteiger partial charge < -0.3 is 34.7 Å². The maximum atomic E-state index is 13.2. The van der Waals surface area contributed by atoms with Gasteiger partial charge in [0.2, 0.25) is 5.75 Å². The van der Waals surface area contributed by atoms with Crippen LogP contribution >= 0.6 is 0 Å². The monoisotopic (exact) mass is 490 g/mol. The summed E-state index contributed by atoms with van der Waals surface area (Å²) in [7, 11) is 4.60. The van der Waals surface area contributed by atoms with Crippen LogP contribution in [0.2, 0.25) is 0 Å². The lowest BCUT2D eigenvalue weighted by Gasteiger charge is -2.18. The summed E-state index contributed by atoms with van der Waals surface area (Å²) in [5, 5.41) is 23.8. The number of aliphatic hydroxyl groups excluding tert-OH is 2. The smallest absolute Gasteiger partial charge is 0.251 e. The first kappa shape index (κ1) is 25.1. The second-order valence-corrected chi connectivity index (χ2v) is 8.41. The van der Waals surface area contributed by atoms with E-state index in [4.69, 9.17) is 14.2 Å². The number of aromatic amines is 1. The highest BCUT2D eigenvalue weighted by Gasteiger charge is 2.19. The molecule has 1 heterocycles. The summed E-state index contributed by atoms with van der Waals surface area (Å²) < 4.78 is 16.3. The maximum Gasteiger partial charge on any atom is 0.251 e. The van der Waals surface area contributed by atoms with Gasteiger partial charge >= 0.3 is 0 Å². The zero-order chi connectivity index (χ0) is 25.7. The molecule has 1 amide bonds. The second-order valence-electron chi connectivity index (χ2n) is 8.41. The Kier molecular flexibility index (Phi) is 7.77. The summed E-state index contributed by atoms with van der Waals surface area (Å²) in [6.45, 7) is -0.456. The van der Waals surface area contributed by atoms with Crippen molar-refractivity contribution >= 4 is 16.8 Å². The van der Waals surface area contributed by atoms with E-state index in [9.17, 15) is 15.0 Å². The molecule has 0 unspecified atom stereocenters. The lowest BCUT2D eigenvalue weighted by Crippen LogP contribution is -2.39. The SMILES string of the molecule is COc1cc(-c2cc(CO)cc(C(=O)N[C@@H](CO)Cc3c[nH]c4ccccc34)c2)cc(OC)c1OC. The molecule has 0 aliphatic carbocycles. The summed E-state index contributed by atoms with van der Waals surface area (Å²) in [6, 6.07) is 16.1. The Labute approximate surface area is 209 Å². The number of amides is 1. The third-order valence-corrected chi connectivity index (χ3v) is 6.13. The van der Waals surface area contributed by atoms with Crippen molar-refractivity contribution in [1.82, 2.24) is 10.3 Å². The first-order valence-corrected chi connectivity index (χ1v) is 11.5. The molecule has 0 saturated carbocycles. The van der Waals surface area contributed by atoms with Gasteiger partial charge in [0, 0.05) is 22.7 Å². The van der Waals surface area contributed by atoms with Crippen molar-refractivity contribution in [3.8, 4) is 28.4 Å². The average Bonchev–Trinajstić information content (AvgIpc) is 3.33. The molecule has 0 aliphatic rings. The first-order chi connectivity index (χ1) is 17.5. The number of rotatable bonds is 10. The molecule has 1 aromatic heterocycles. The number of para-hydroxylation sites is 1. The number of aromatic nitrogens is 1. The number of hydrogen-bond donors (Lipinski definition) is 4. The Bertz CT molecular complexity index is 1340. The molecule has 8 heteroatoms. The molecule has 0 saturated heterocycles. The quantitative estimate of drug-likeness (QED) is 0.270. The van der Waals surface area contributed by atoms with E-state index in [0.717, 1.165) is 22.0 Å². The number of aliphatic hydroxyl groups is 2. The number of fused-ring (bicyclic) bond motifs is 1. The predicted octanol–water partition coefficient (Wildman–Crippen LogP) is 3.69. The van der Waals surface area contributed by atoms with Crippen LogP contribution in [0, 0.1) is 0 Å². The van der Waals surface area contributed by atoms with Crippen LogP contribution in [-0.2, 0) is 13.0 Å². The van der Waals surface area contributed by atoms with Crippen molar-refractivity contribution < 1.29 is 29.2 Å². The number of H-pyrrole nitrogens is 1. The molecule has 0 fully saturated rings. The normalized spacial score (nSPS) is 11.8. The number of benzene rings is 3. The van der Waals surface area contributed by atoms with Gasteiger partial charge in [-0.05, 0) is 65.1 Å². The lowest BCUT2D eigenvalue weighted by atomic mass is 9.98. The van der Waals surface area contributed by atoms with Crippen LogP contribution in [0.5, 0.6) is 17.2 Å². The van der Waals surface area contributed by atoms with Gasteiger partial charge in [0.15, 0.2) is 11.5 Å². The lowest BCUT2D eigenvalue weighted by molar-refractivity contribution is 0.0916. The van der Waals surface area contributed by atoms with E-state index >= 15 is 0 Å². The number of carbonyl (C=O) groups is 1. The molecule has 0 radical (unpaired) electrons. The van der Waals surface area contributed by atoms with E-state index in [0.29, 0.717) is 40.4 Å². The Morgan fingerprint density at radius 3 is 2.28 bits per heavy atom. The summed E-state index contributed by atoms with van der Waals surface area (Å²) in [5.74, 6) is 1.07. The summed E-state index contributed by atoms with van der Waals surface area (Å²) in [6.07, 6.45) is 2.36. The largest absolute Gasteiger partial charge is 0.493 e. The Morgan fingerprint density at radius 1 is 0.944 bits per heavy atom. The van der Waals surface area contributed by atoms with Crippen molar-refractivity contribution in [1.29, 1.82) is 0 Å². The van der Waals surface area contributed by atoms with Gasteiger partial charge in [-0.3, -0.25) is 4.79 Å². The third-order valence-electron chi connectivity index (χ3n) is 6.13. The standard InChI is InChI=1S/C28H30N2O6/c1-34-25-12-19(13-26(35-2)27(25)36-3)18-8-17(15-31)9-20(10-18)28(33)30-22(16-32)11-21-14-29-24-7-5-4-6-23(21)24/h4-10,12-14,22,29,31-32H,11,15-16H2,1-3H3,(H,30,33)/t22-/m1/s1. The fourth-order valence-electron chi connectivity index (χ4n) is 4.32. The Morgan fingerprint density at radius 2 is 1.64 bits per heavy atom. The zero-order valence-electron chi connectivity index (χ0n) is 20.5. The Hall–Kier alpha value is -4.01. The molecule has 188 valence electrons. The minimum Gasteiger partial charge on any atom is -0.493 e. The number of nitrogens with one attached hydrogen (secondary N) is 2. The van der Waals surface area contributed by atoms with Crippen LogP contribution < -0.4 is 19.5 Å².